The third-order valence-corrected chi connectivity index (χ3v) is 5.36. The Kier molecular flexibility index (Phi) is 5.41. The van der Waals surface area contributed by atoms with Gasteiger partial charge in [0.05, 0.1) is 4.90 Å². The molecule has 0 aliphatic heterocycles. The van der Waals surface area contributed by atoms with Gasteiger partial charge in [-0.25, -0.2) is 13.6 Å². The lowest BCUT2D eigenvalue weighted by Crippen LogP contribution is -2.28. The lowest BCUT2D eigenvalue weighted by molar-refractivity contribution is 0.268. The smallest absolute Gasteiger partial charge is 0.238 e. The van der Waals surface area contributed by atoms with Crippen molar-refractivity contribution in [1.29, 1.82) is 0 Å². The van der Waals surface area contributed by atoms with Crippen LogP contribution in [0.25, 0.3) is 0 Å². The highest BCUT2D eigenvalue weighted by Gasteiger charge is 2.19. The standard InChI is InChI=1S/C16H26N2O2S/c1-12-5-3-6-14(9-12)11-18-13(2)15-7-4-8-16(10-15)21(17,19)20/h4,7-8,10,12-14,18H,3,5-6,9,11H2,1-2H3,(H2,17,19,20). The maximum atomic E-state index is 11.4. The van der Waals surface area contributed by atoms with Crippen LogP contribution in [0.2, 0.25) is 0 Å². The van der Waals surface area contributed by atoms with Crippen LogP contribution in [0.3, 0.4) is 0 Å². The molecule has 3 atom stereocenters. The molecule has 0 saturated heterocycles. The van der Waals surface area contributed by atoms with Crippen molar-refractivity contribution in [3.05, 3.63) is 29.8 Å². The Balaban J connectivity index is 1.95. The molecule has 5 heteroatoms. The van der Waals surface area contributed by atoms with E-state index >= 15 is 0 Å². The van der Waals surface area contributed by atoms with Crippen molar-refractivity contribution in [3.8, 4) is 0 Å². The van der Waals surface area contributed by atoms with Gasteiger partial charge >= 0.3 is 0 Å². The predicted molar refractivity (Wildman–Crippen MR) is 85.4 cm³/mol. The van der Waals surface area contributed by atoms with Crippen LogP contribution < -0.4 is 10.5 Å². The van der Waals surface area contributed by atoms with Crippen molar-refractivity contribution < 1.29 is 8.42 Å². The first-order valence-electron chi connectivity index (χ1n) is 7.72. The molecule has 4 nitrogen and oxygen atoms in total. The Hall–Kier alpha value is -0.910. The summed E-state index contributed by atoms with van der Waals surface area (Å²) in [5.41, 5.74) is 0.963. The minimum absolute atomic E-state index is 0.129. The summed E-state index contributed by atoms with van der Waals surface area (Å²) in [7, 11) is -3.63. The van der Waals surface area contributed by atoms with E-state index in [0.717, 1.165) is 23.9 Å². The molecule has 0 aromatic heterocycles. The van der Waals surface area contributed by atoms with Gasteiger partial charge in [-0.15, -0.1) is 0 Å². The molecule has 3 N–H and O–H groups in total. The van der Waals surface area contributed by atoms with Gasteiger partial charge < -0.3 is 5.32 Å². The number of nitrogens with one attached hydrogen (secondary N) is 1. The fourth-order valence-electron chi connectivity index (χ4n) is 3.17. The Bertz CT molecular complexity index is 571. The van der Waals surface area contributed by atoms with Crippen LogP contribution in [-0.2, 0) is 10.0 Å². The zero-order valence-corrected chi connectivity index (χ0v) is 13.7. The number of benzene rings is 1. The fraction of sp³-hybridized carbons (Fsp3) is 0.625. The Labute approximate surface area is 128 Å². The summed E-state index contributed by atoms with van der Waals surface area (Å²) in [6.45, 7) is 5.38. The van der Waals surface area contributed by atoms with Gasteiger partial charge in [0.1, 0.15) is 0 Å². The molecule has 1 aliphatic carbocycles. The van der Waals surface area contributed by atoms with E-state index in [4.69, 9.17) is 5.14 Å². The van der Waals surface area contributed by atoms with Gasteiger partial charge in [0.2, 0.25) is 10.0 Å². The maximum absolute atomic E-state index is 11.4. The van der Waals surface area contributed by atoms with E-state index in [2.05, 4.69) is 19.2 Å². The topological polar surface area (TPSA) is 72.2 Å². The largest absolute Gasteiger partial charge is 0.310 e. The average Bonchev–Trinajstić information content (AvgIpc) is 2.44. The van der Waals surface area contributed by atoms with Crippen molar-refractivity contribution >= 4 is 10.0 Å². The summed E-state index contributed by atoms with van der Waals surface area (Å²) in [5, 5.41) is 8.72. The van der Waals surface area contributed by atoms with E-state index < -0.39 is 10.0 Å². The van der Waals surface area contributed by atoms with Gasteiger partial charge in [-0.1, -0.05) is 31.9 Å². The first kappa shape index (κ1) is 16.5. The summed E-state index contributed by atoms with van der Waals surface area (Å²) in [5.74, 6) is 1.56. The minimum atomic E-state index is -3.63. The molecule has 1 saturated carbocycles. The van der Waals surface area contributed by atoms with Crippen LogP contribution in [0.15, 0.2) is 29.2 Å². The lowest BCUT2D eigenvalue weighted by atomic mass is 9.82. The van der Waals surface area contributed by atoms with Gasteiger partial charge in [-0.3, -0.25) is 0 Å². The molecule has 0 heterocycles. The molecule has 1 aromatic carbocycles. The number of sulfonamides is 1. The van der Waals surface area contributed by atoms with Crippen LogP contribution in [0, 0.1) is 11.8 Å². The van der Waals surface area contributed by atoms with Crippen molar-refractivity contribution in [1.82, 2.24) is 5.32 Å². The van der Waals surface area contributed by atoms with E-state index in [0.29, 0.717) is 0 Å². The van der Waals surface area contributed by atoms with E-state index in [-0.39, 0.29) is 10.9 Å². The third-order valence-electron chi connectivity index (χ3n) is 4.44. The van der Waals surface area contributed by atoms with Gasteiger partial charge in [-0.2, -0.15) is 0 Å². The second kappa shape index (κ2) is 6.90. The first-order valence-corrected chi connectivity index (χ1v) is 9.27. The summed E-state index contributed by atoms with van der Waals surface area (Å²) in [6.07, 6.45) is 5.25. The molecule has 1 fully saturated rings. The summed E-state index contributed by atoms with van der Waals surface area (Å²) in [4.78, 5) is 0.180. The molecular formula is C16H26N2O2S. The number of primary sulfonamides is 1. The molecule has 0 bridgehead atoms. The Morgan fingerprint density at radius 3 is 2.81 bits per heavy atom. The highest BCUT2D eigenvalue weighted by molar-refractivity contribution is 7.89. The second-order valence-corrected chi connectivity index (χ2v) is 7.95. The Morgan fingerprint density at radius 1 is 1.38 bits per heavy atom. The predicted octanol–water partition coefficient (Wildman–Crippen LogP) is 2.81. The number of hydrogen-bond acceptors (Lipinski definition) is 3. The lowest BCUT2D eigenvalue weighted by Gasteiger charge is -2.28. The monoisotopic (exact) mass is 310 g/mol. The Morgan fingerprint density at radius 2 is 2.14 bits per heavy atom. The van der Waals surface area contributed by atoms with Crippen LogP contribution in [0.5, 0.6) is 0 Å². The number of nitrogens with two attached hydrogens (primary N) is 1. The van der Waals surface area contributed by atoms with Crippen LogP contribution >= 0.6 is 0 Å². The summed E-state index contributed by atoms with van der Waals surface area (Å²) in [6, 6.07) is 7.01. The molecule has 0 amide bonds. The first-order chi connectivity index (χ1) is 9.86. The number of hydrogen-bond donors (Lipinski definition) is 2. The molecule has 3 unspecified atom stereocenters. The zero-order valence-electron chi connectivity index (χ0n) is 12.9. The van der Waals surface area contributed by atoms with Crippen molar-refractivity contribution in [2.24, 2.45) is 17.0 Å². The highest BCUT2D eigenvalue weighted by Crippen LogP contribution is 2.28. The molecule has 2 rings (SSSR count). The van der Waals surface area contributed by atoms with Gasteiger partial charge in [-0.05, 0) is 55.8 Å². The quantitative estimate of drug-likeness (QED) is 0.878. The normalized spacial score (nSPS) is 24.7. The zero-order chi connectivity index (χ0) is 15.5. The average molecular weight is 310 g/mol. The molecule has 0 radical (unpaired) electrons. The van der Waals surface area contributed by atoms with Crippen LogP contribution in [0.4, 0.5) is 0 Å². The summed E-state index contributed by atoms with van der Waals surface area (Å²) < 4.78 is 22.8. The van der Waals surface area contributed by atoms with Gasteiger partial charge in [0.25, 0.3) is 0 Å². The van der Waals surface area contributed by atoms with E-state index in [9.17, 15) is 8.42 Å². The van der Waals surface area contributed by atoms with Crippen molar-refractivity contribution in [2.45, 2.75) is 50.5 Å². The minimum Gasteiger partial charge on any atom is -0.310 e. The number of rotatable bonds is 5. The molecule has 0 spiro atoms. The van der Waals surface area contributed by atoms with E-state index in [1.54, 1.807) is 12.1 Å². The SMILES string of the molecule is CC1CCCC(CNC(C)c2cccc(S(N)(=O)=O)c2)C1. The van der Waals surface area contributed by atoms with E-state index in [1.165, 1.54) is 31.7 Å². The maximum Gasteiger partial charge on any atom is 0.238 e. The highest BCUT2D eigenvalue weighted by atomic mass is 32.2. The van der Waals surface area contributed by atoms with Crippen LogP contribution in [0.1, 0.15) is 51.1 Å². The van der Waals surface area contributed by atoms with E-state index in [1.807, 2.05) is 6.07 Å². The molecule has 118 valence electrons. The van der Waals surface area contributed by atoms with Gasteiger partial charge in [0.15, 0.2) is 0 Å². The molecule has 21 heavy (non-hydrogen) atoms. The molecule has 1 aromatic rings. The second-order valence-electron chi connectivity index (χ2n) is 6.39. The van der Waals surface area contributed by atoms with Crippen LogP contribution in [-0.4, -0.2) is 15.0 Å². The fourth-order valence-corrected chi connectivity index (χ4v) is 3.74. The van der Waals surface area contributed by atoms with Crippen molar-refractivity contribution in [3.63, 3.8) is 0 Å². The summed E-state index contributed by atoms with van der Waals surface area (Å²) >= 11 is 0. The van der Waals surface area contributed by atoms with Gasteiger partial charge in [0, 0.05) is 6.04 Å². The molecule has 1 aliphatic rings. The molecular weight excluding hydrogens is 284 g/mol. The third kappa shape index (κ3) is 4.80. The van der Waals surface area contributed by atoms with Crippen molar-refractivity contribution in [2.75, 3.05) is 6.54 Å².